The molecule has 0 heterocycles. The summed E-state index contributed by atoms with van der Waals surface area (Å²) in [7, 11) is 0. The van der Waals surface area contributed by atoms with Gasteiger partial charge >= 0.3 is 0 Å². The highest BCUT2D eigenvalue weighted by molar-refractivity contribution is 6.30. The van der Waals surface area contributed by atoms with Gasteiger partial charge in [-0.3, -0.25) is 4.79 Å². The van der Waals surface area contributed by atoms with Crippen LogP contribution in [0.5, 0.6) is 0 Å². The van der Waals surface area contributed by atoms with E-state index in [9.17, 15) is 13.6 Å². The monoisotopic (exact) mass is 310 g/mol. The Bertz CT molecular complexity index is 691. The summed E-state index contributed by atoms with van der Waals surface area (Å²) in [6, 6.07) is 8.08. The lowest BCUT2D eigenvalue weighted by Crippen LogP contribution is -2.28. The van der Waals surface area contributed by atoms with E-state index < -0.39 is 29.1 Å². The van der Waals surface area contributed by atoms with Crippen molar-refractivity contribution in [1.29, 1.82) is 0 Å². The molecule has 0 bridgehead atoms. The van der Waals surface area contributed by atoms with E-state index in [1.54, 1.807) is 31.2 Å². The van der Waals surface area contributed by atoms with Crippen LogP contribution in [0.25, 0.3) is 0 Å². The first-order valence-corrected chi connectivity index (χ1v) is 6.57. The van der Waals surface area contributed by atoms with Crippen LogP contribution in [0.15, 0.2) is 36.4 Å². The molecule has 0 radical (unpaired) electrons. The van der Waals surface area contributed by atoms with E-state index in [2.05, 4.69) is 5.32 Å². The standard InChI is InChI=1S/C15H13ClF2N2O/c1-8(9-4-2-3-5-14(9)19)20-15(21)10-6-13(18)11(16)7-12(10)17/h2-8H,19H2,1H3,(H,20,21). The average Bonchev–Trinajstić information content (AvgIpc) is 2.43. The molecule has 2 aromatic carbocycles. The Kier molecular flexibility index (Phi) is 4.43. The molecular formula is C15H13ClF2N2O. The SMILES string of the molecule is CC(NC(=O)c1cc(F)c(Cl)cc1F)c1ccccc1N. The van der Waals surface area contributed by atoms with Gasteiger partial charge < -0.3 is 11.1 Å². The van der Waals surface area contributed by atoms with Crippen molar-refractivity contribution < 1.29 is 13.6 Å². The normalized spacial score (nSPS) is 12.0. The molecule has 0 saturated heterocycles. The highest BCUT2D eigenvalue weighted by Crippen LogP contribution is 2.22. The van der Waals surface area contributed by atoms with Crippen molar-refractivity contribution in [2.45, 2.75) is 13.0 Å². The molecule has 1 unspecified atom stereocenters. The Hall–Kier alpha value is -2.14. The predicted octanol–water partition coefficient (Wildman–Crippen LogP) is 3.69. The second-order valence-electron chi connectivity index (χ2n) is 4.57. The van der Waals surface area contributed by atoms with Crippen molar-refractivity contribution >= 4 is 23.2 Å². The number of hydrogen-bond acceptors (Lipinski definition) is 2. The lowest BCUT2D eigenvalue weighted by atomic mass is 10.1. The van der Waals surface area contributed by atoms with Crippen molar-refractivity contribution in [3.05, 3.63) is 64.2 Å². The van der Waals surface area contributed by atoms with Crippen LogP contribution in [-0.2, 0) is 0 Å². The number of nitrogens with two attached hydrogens (primary N) is 1. The van der Waals surface area contributed by atoms with Crippen LogP contribution in [0.4, 0.5) is 14.5 Å². The predicted molar refractivity (Wildman–Crippen MR) is 78.1 cm³/mol. The number of halogens is 3. The van der Waals surface area contributed by atoms with Gasteiger partial charge in [0.25, 0.3) is 5.91 Å². The number of carbonyl (C=O) groups excluding carboxylic acids is 1. The number of nitrogen functional groups attached to an aromatic ring is 1. The quantitative estimate of drug-likeness (QED) is 0.671. The Morgan fingerprint density at radius 2 is 1.90 bits per heavy atom. The summed E-state index contributed by atoms with van der Waals surface area (Å²) in [5.74, 6) is -2.47. The first-order chi connectivity index (χ1) is 9.90. The average molecular weight is 311 g/mol. The number of benzene rings is 2. The Morgan fingerprint density at radius 3 is 2.57 bits per heavy atom. The topological polar surface area (TPSA) is 55.1 Å². The number of carbonyl (C=O) groups is 1. The van der Waals surface area contributed by atoms with Gasteiger partial charge in [0.1, 0.15) is 11.6 Å². The molecule has 110 valence electrons. The molecule has 3 N–H and O–H groups in total. The van der Waals surface area contributed by atoms with Gasteiger partial charge in [0.2, 0.25) is 0 Å². The number of nitrogens with one attached hydrogen (secondary N) is 1. The molecule has 0 aliphatic rings. The summed E-state index contributed by atoms with van der Waals surface area (Å²) in [5.41, 5.74) is 6.61. The van der Waals surface area contributed by atoms with Gasteiger partial charge in [-0.05, 0) is 30.7 Å². The van der Waals surface area contributed by atoms with Gasteiger partial charge in [0.15, 0.2) is 0 Å². The third-order valence-electron chi connectivity index (χ3n) is 3.06. The fraction of sp³-hybridized carbons (Fsp3) is 0.133. The van der Waals surface area contributed by atoms with Crippen molar-refractivity contribution in [2.75, 3.05) is 5.73 Å². The smallest absolute Gasteiger partial charge is 0.254 e. The van der Waals surface area contributed by atoms with Crippen LogP contribution < -0.4 is 11.1 Å². The molecule has 2 aromatic rings. The van der Waals surface area contributed by atoms with E-state index in [1.807, 2.05) is 0 Å². The van der Waals surface area contributed by atoms with Crippen LogP contribution in [0.2, 0.25) is 5.02 Å². The summed E-state index contributed by atoms with van der Waals surface area (Å²) < 4.78 is 27.0. The first kappa shape index (κ1) is 15.3. The van der Waals surface area contributed by atoms with Gasteiger partial charge in [-0.1, -0.05) is 29.8 Å². The van der Waals surface area contributed by atoms with E-state index in [0.717, 1.165) is 12.1 Å². The van der Waals surface area contributed by atoms with Gasteiger partial charge in [-0.15, -0.1) is 0 Å². The van der Waals surface area contributed by atoms with Crippen LogP contribution in [0.3, 0.4) is 0 Å². The number of hydrogen-bond donors (Lipinski definition) is 2. The molecule has 0 fully saturated rings. The largest absolute Gasteiger partial charge is 0.398 e. The van der Waals surface area contributed by atoms with Crippen molar-refractivity contribution in [1.82, 2.24) is 5.32 Å². The fourth-order valence-electron chi connectivity index (χ4n) is 1.95. The molecule has 2 rings (SSSR count). The maximum atomic E-state index is 13.7. The van der Waals surface area contributed by atoms with E-state index >= 15 is 0 Å². The molecule has 0 aliphatic carbocycles. The summed E-state index contributed by atoms with van der Waals surface area (Å²) in [6.07, 6.45) is 0. The summed E-state index contributed by atoms with van der Waals surface area (Å²) in [5, 5.41) is 2.20. The second kappa shape index (κ2) is 6.10. The minimum Gasteiger partial charge on any atom is -0.398 e. The van der Waals surface area contributed by atoms with Crippen molar-refractivity contribution in [2.24, 2.45) is 0 Å². The highest BCUT2D eigenvalue weighted by Gasteiger charge is 2.18. The van der Waals surface area contributed by atoms with Crippen LogP contribution in [0, 0.1) is 11.6 Å². The summed E-state index contributed by atoms with van der Waals surface area (Å²) >= 11 is 5.45. The van der Waals surface area contributed by atoms with E-state index in [0.29, 0.717) is 11.3 Å². The molecule has 1 amide bonds. The zero-order valence-electron chi connectivity index (χ0n) is 11.2. The Balaban J connectivity index is 2.22. The number of amides is 1. The molecule has 6 heteroatoms. The van der Waals surface area contributed by atoms with Crippen molar-refractivity contribution in [3.8, 4) is 0 Å². The highest BCUT2D eigenvalue weighted by atomic mass is 35.5. The zero-order valence-corrected chi connectivity index (χ0v) is 11.9. The minimum atomic E-state index is -0.882. The molecule has 3 nitrogen and oxygen atoms in total. The fourth-order valence-corrected chi connectivity index (χ4v) is 2.10. The van der Waals surface area contributed by atoms with E-state index in [1.165, 1.54) is 0 Å². The second-order valence-corrected chi connectivity index (χ2v) is 4.98. The maximum absolute atomic E-state index is 13.7. The van der Waals surface area contributed by atoms with Crippen LogP contribution >= 0.6 is 11.6 Å². The number of para-hydroxylation sites is 1. The molecule has 21 heavy (non-hydrogen) atoms. The zero-order chi connectivity index (χ0) is 15.6. The maximum Gasteiger partial charge on any atom is 0.254 e. The van der Waals surface area contributed by atoms with Gasteiger partial charge in [0.05, 0.1) is 16.6 Å². The Morgan fingerprint density at radius 1 is 1.24 bits per heavy atom. The van der Waals surface area contributed by atoms with Crippen LogP contribution in [0.1, 0.15) is 28.9 Å². The summed E-state index contributed by atoms with van der Waals surface area (Å²) in [4.78, 5) is 12.0. The van der Waals surface area contributed by atoms with E-state index in [4.69, 9.17) is 17.3 Å². The number of anilines is 1. The lowest BCUT2D eigenvalue weighted by Gasteiger charge is -2.16. The van der Waals surface area contributed by atoms with Gasteiger partial charge in [-0.2, -0.15) is 0 Å². The third-order valence-corrected chi connectivity index (χ3v) is 3.35. The molecular weight excluding hydrogens is 298 g/mol. The third kappa shape index (κ3) is 3.31. The molecule has 0 aromatic heterocycles. The van der Waals surface area contributed by atoms with E-state index in [-0.39, 0.29) is 5.02 Å². The number of rotatable bonds is 3. The molecule has 0 saturated carbocycles. The molecule has 1 atom stereocenters. The summed E-state index contributed by atoms with van der Waals surface area (Å²) in [6.45, 7) is 1.70. The van der Waals surface area contributed by atoms with Crippen molar-refractivity contribution in [3.63, 3.8) is 0 Å². The Labute approximate surface area is 125 Å². The molecule has 0 aliphatic heterocycles. The minimum absolute atomic E-state index is 0.371. The van der Waals surface area contributed by atoms with Gasteiger partial charge in [-0.25, -0.2) is 8.78 Å². The lowest BCUT2D eigenvalue weighted by molar-refractivity contribution is 0.0935. The van der Waals surface area contributed by atoms with Crippen LogP contribution in [-0.4, -0.2) is 5.91 Å². The van der Waals surface area contributed by atoms with Gasteiger partial charge in [0, 0.05) is 5.69 Å². The first-order valence-electron chi connectivity index (χ1n) is 6.20. The molecule has 0 spiro atoms.